The molecule has 7 nitrogen and oxygen atoms in total. The number of hydrazone groups is 1. The molecule has 3 aliphatic rings. The molecule has 2 aliphatic heterocycles. The Labute approximate surface area is 210 Å². The van der Waals surface area contributed by atoms with Gasteiger partial charge in [-0.25, -0.2) is 0 Å². The molecule has 9 heteroatoms. The average Bonchev–Trinajstić information content (AvgIpc) is 2.81. The zero-order valence-corrected chi connectivity index (χ0v) is 23.7. The Bertz CT molecular complexity index is 528. The van der Waals surface area contributed by atoms with Gasteiger partial charge in [0.15, 0.2) is 0 Å². The second-order valence-electron chi connectivity index (χ2n) is 9.20. The summed E-state index contributed by atoms with van der Waals surface area (Å²) in [4.78, 5) is 0. The molecule has 0 spiro atoms. The van der Waals surface area contributed by atoms with E-state index in [9.17, 15) is 5.11 Å². The molecule has 0 bridgehead atoms. The monoisotopic (exact) mass is 663 g/mol. The van der Waals surface area contributed by atoms with Gasteiger partial charge in [0.1, 0.15) is 0 Å². The quantitative estimate of drug-likeness (QED) is 0.0590. The second-order valence-corrected chi connectivity index (χ2v) is 14.6. The van der Waals surface area contributed by atoms with Gasteiger partial charge in [-0.15, -0.1) is 0 Å². The Morgan fingerprint density at radius 3 is 2.71 bits per heavy atom. The number of hydrogen-bond acceptors (Lipinski definition) is 7. The van der Waals surface area contributed by atoms with E-state index in [4.69, 9.17) is 5.10 Å². The van der Waals surface area contributed by atoms with Crippen LogP contribution in [-0.2, 0) is 0 Å². The van der Waals surface area contributed by atoms with E-state index in [1.807, 2.05) is 0 Å². The van der Waals surface area contributed by atoms with Gasteiger partial charge in [0.2, 0.25) is 0 Å². The molecule has 2 fully saturated rings. The summed E-state index contributed by atoms with van der Waals surface area (Å²) in [5.74, 6) is 1.06. The molecule has 5 N–H and O–H groups in total. The van der Waals surface area contributed by atoms with E-state index < -0.39 is 26.6 Å². The standard InChI is InChI=1S/C22H45I2N6O/c1-2-9-25-16-19(13-23)21-12-18(17-30(29-21)20-7-4-3-5-8-20)15-26-22(31)14-24-27-10-6-11-28-24/h18-20,22-23,25-28,31H,2-17H2,1H3/q+1/t18-,19-,22-/m1/s1. The molecule has 0 unspecified atom stereocenters. The summed E-state index contributed by atoms with van der Waals surface area (Å²) in [6.45, 7) is 8.48. The van der Waals surface area contributed by atoms with Crippen molar-refractivity contribution in [2.75, 3.05) is 48.1 Å². The van der Waals surface area contributed by atoms with Gasteiger partial charge >= 0.3 is 205 Å². The fourth-order valence-electron chi connectivity index (χ4n) is 4.70. The molecule has 1 aliphatic carbocycles. The molecule has 0 aromatic heterocycles. The Kier molecular flexibility index (Phi) is 12.6. The molecular formula is C22H45I2N6O+. The molecule has 2 heterocycles. The number of rotatable bonds is 12. The molecule has 1 saturated carbocycles. The summed E-state index contributed by atoms with van der Waals surface area (Å²) in [7, 11) is 0. The van der Waals surface area contributed by atoms with Crippen molar-refractivity contribution in [3.05, 3.63) is 0 Å². The molecule has 0 amide bonds. The number of halogens is 2. The molecule has 0 aromatic carbocycles. The number of aliphatic hydroxyl groups is 1. The molecular weight excluding hydrogens is 618 g/mol. The maximum atomic E-state index is 10.6. The van der Waals surface area contributed by atoms with Crippen molar-refractivity contribution in [1.29, 1.82) is 0 Å². The molecule has 3 atom stereocenters. The van der Waals surface area contributed by atoms with Crippen molar-refractivity contribution >= 4 is 26.1 Å². The fourth-order valence-corrected chi connectivity index (χ4v) is 9.69. The van der Waals surface area contributed by atoms with Gasteiger partial charge in [0.25, 0.3) is 0 Å². The van der Waals surface area contributed by atoms with Crippen LogP contribution in [0.3, 0.4) is 0 Å². The minimum atomic E-state index is -1.38. The Morgan fingerprint density at radius 1 is 1.23 bits per heavy atom. The number of nitrogens with one attached hydrogen (secondary N) is 4. The number of aliphatic hydroxyl groups excluding tert-OH is 1. The van der Waals surface area contributed by atoms with E-state index in [0.717, 1.165) is 54.5 Å². The van der Waals surface area contributed by atoms with E-state index in [1.165, 1.54) is 50.7 Å². The summed E-state index contributed by atoms with van der Waals surface area (Å²) in [6, 6.07) is 0.613. The van der Waals surface area contributed by atoms with Crippen molar-refractivity contribution in [2.24, 2.45) is 16.9 Å². The van der Waals surface area contributed by atoms with Crippen LogP contribution in [0.15, 0.2) is 5.10 Å². The van der Waals surface area contributed by atoms with Gasteiger partial charge in [-0.2, -0.15) is 0 Å². The third-order valence-corrected chi connectivity index (χ3v) is 12.3. The molecule has 182 valence electrons. The zero-order chi connectivity index (χ0) is 21.9. The van der Waals surface area contributed by atoms with Gasteiger partial charge in [0, 0.05) is 0 Å². The van der Waals surface area contributed by atoms with Gasteiger partial charge < -0.3 is 0 Å². The van der Waals surface area contributed by atoms with Crippen LogP contribution in [0, 0.1) is 11.8 Å². The van der Waals surface area contributed by atoms with Crippen LogP contribution in [0.1, 0.15) is 58.3 Å². The second kappa shape index (κ2) is 14.9. The number of nitrogens with zero attached hydrogens (tertiary/aromatic N) is 2. The first-order valence-corrected chi connectivity index (χ1v) is 17.7. The van der Waals surface area contributed by atoms with Crippen LogP contribution in [0.4, 0.5) is 0 Å². The van der Waals surface area contributed by atoms with E-state index >= 15 is 0 Å². The summed E-state index contributed by atoms with van der Waals surface area (Å²) in [5, 5.41) is 25.4. The predicted octanol–water partition coefficient (Wildman–Crippen LogP) is -1.27. The Balaban J connectivity index is 1.56. The molecule has 31 heavy (non-hydrogen) atoms. The molecule has 0 aromatic rings. The molecule has 3 rings (SSSR count). The zero-order valence-electron chi connectivity index (χ0n) is 19.3. The Morgan fingerprint density at radius 2 is 2.00 bits per heavy atom. The van der Waals surface area contributed by atoms with E-state index in [-0.39, 0.29) is 0 Å². The predicted molar refractivity (Wildman–Crippen MR) is 136 cm³/mol. The summed E-state index contributed by atoms with van der Waals surface area (Å²) < 4.78 is 9.22. The SMILES string of the molecule is CCCNC[C@@H](C[IH+])C1=NN(C2CCCCC2)C[C@@H](CN[C@H](O)CI2NCCCN2)C1. The van der Waals surface area contributed by atoms with Gasteiger partial charge in [-0.3, -0.25) is 0 Å². The van der Waals surface area contributed by atoms with Crippen LogP contribution in [0.5, 0.6) is 0 Å². The van der Waals surface area contributed by atoms with Crippen molar-refractivity contribution < 1.29 is 27.7 Å². The normalized spacial score (nSPS) is 26.5. The van der Waals surface area contributed by atoms with E-state index in [0.29, 0.717) is 17.9 Å². The first-order chi connectivity index (χ1) is 15.2. The topological polar surface area (TPSA) is 84.0 Å². The number of alkyl halides is 2. The average molecular weight is 663 g/mol. The van der Waals surface area contributed by atoms with Crippen molar-refractivity contribution in [1.82, 2.24) is 22.7 Å². The van der Waals surface area contributed by atoms with Gasteiger partial charge in [0.05, 0.1) is 0 Å². The number of hydrogen-bond donors (Lipinski definition) is 5. The maximum absolute atomic E-state index is 10.6. The van der Waals surface area contributed by atoms with E-state index in [1.54, 1.807) is 0 Å². The summed E-state index contributed by atoms with van der Waals surface area (Å²) in [5.41, 5.74) is 1.39. The minimum absolute atomic E-state index is 0.400. The summed E-state index contributed by atoms with van der Waals surface area (Å²) >= 11 is 0.841. The van der Waals surface area contributed by atoms with Crippen molar-refractivity contribution in [2.45, 2.75) is 70.6 Å². The first-order valence-electron chi connectivity index (χ1n) is 12.4. The van der Waals surface area contributed by atoms with Crippen LogP contribution >= 0.6 is 20.4 Å². The Hall–Kier alpha value is 0.730. The van der Waals surface area contributed by atoms with Crippen LogP contribution in [0.25, 0.3) is 0 Å². The summed E-state index contributed by atoms with van der Waals surface area (Å²) in [6.07, 6.45) is 9.68. The van der Waals surface area contributed by atoms with Crippen LogP contribution < -0.4 is 40.3 Å². The van der Waals surface area contributed by atoms with Crippen molar-refractivity contribution in [3.63, 3.8) is 0 Å². The molecule has 0 radical (unpaired) electrons. The molecule has 1 saturated heterocycles. The van der Waals surface area contributed by atoms with E-state index in [2.05, 4.69) is 52.2 Å². The van der Waals surface area contributed by atoms with Gasteiger partial charge in [-0.1, -0.05) is 6.92 Å². The fraction of sp³-hybridized carbons (Fsp3) is 0.955. The third-order valence-electron chi connectivity index (χ3n) is 6.49. The van der Waals surface area contributed by atoms with Crippen LogP contribution in [-0.4, -0.2) is 76.2 Å². The van der Waals surface area contributed by atoms with Crippen molar-refractivity contribution in [3.8, 4) is 0 Å². The van der Waals surface area contributed by atoms with Gasteiger partial charge in [-0.05, 0) is 0 Å². The third kappa shape index (κ3) is 9.12. The van der Waals surface area contributed by atoms with Crippen LogP contribution in [0.2, 0.25) is 0 Å². The first kappa shape index (κ1) is 26.3.